The molecule has 0 spiro atoms. The molecule has 2 aromatic carbocycles. The van der Waals surface area contributed by atoms with E-state index in [1.54, 1.807) is 29.8 Å². The lowest BCUT2D eigenvalue weighted by molar-refractivity contribution is -0.115. The number of carbonyl (C=O) groups is 2. The lowest BCUT2D eigenvalue weighted by Crippen LogP contribution is -2.26. The highest BCUT2D eigenvalue weighted by Gasteiger charge is 2.17. The highest BCUT2D eigenvalue weighted by molar-refractivity contribution is 9.10. The van der Waals surface area contributed by atoms with Crippen LogP contribution < -0.4 is 5.32 Å². The van der Waals surface area contributed by atoms with Gasteiger partial charge in [-0.1, -0.05) is 28.1 Å². The van der Waals surface area contributed by atoms with E-state index in [4.69, 9.17) is 0 Å². The second-order valence-electron chi connectivity index (χ2n) is 5.65. The van der Waals surface area contributed by atoms with Crippen molar-refractivity contribution in [1.29, 1.82) is 0 Å². The predicted octanol–water partition coefficient (Wildman–Crippen LogP) is 4.16. The first-order valence-electron chi connectivity index (χ1n) is 7.59. The lowest BCUT2D eigenvalue weighted by atomic mass is 10.1. The average molecular weight is 405 g/mol. The molecule has 0 bridgehead atoms. The zero-order chi connectivity index (χ0) is 17.1. The Kier molecular flexibility index (Phi) is 5.26. The van der Waals surface area contributed by atoms with Crippen LogP contribution in [0.3, 0.4) is 0 Å². The van der Waals surface area contributed by atoms with Crippen molar-refractivity contribution in [3.8, 4) is 0 Å². The Balaban J connectivity index is 1.76. The molecule has 0 aromatic heterocycles. The van der Waals surface area contributed by atoms with Crippen molar-refractivity contribution in [3.05, 3.63) is 58.1 Å². The summed E-state index contributed by atoms with van der Waals surface area (Å²) in [6, 6.07) is 13.4. The van der Waals surface area contributed by atoms with Crippen LogP contribution in [0, 0.1) is 0 Å². The van der Waals surface area contributed by atoms with Crippen LogP contribution in [-0.2, 0) is 11.3 Å². The summed E-state index contributed by atoms with van der Waals surface area (Å²) < 4.78 is 1.01. The number of anilines is 1. The van der Waals surface area contributed by atoms with E-state index in [1.165, 1.54) is 0 Å². The number of amides is 2. The molecule has 24 heavy (non-hydrogen) atoms. The van der Waals surface area contributed by atoms with Gasteiger partial charge in [-0.15, -0.1) is 11.8 Å². The molecule has 0 saturated carbocycles. The minimum absolute atomic E-state index is 0.00549. The maximum atomic E-state index is 12.7. The molecule has 0 fully saturated rings. The summed E-state index contributed by atoms with van der Waals surface area (Å²) in [6.45, 7) is 0.532. The molecule has 6 heteroatoms. The summed E-state index contributed by atoms with van der Waals surface area (Å²) in [5, 5.41) is 2.88. The van der Waals surface area contributed by atoms with Gasteiger partial charge in [0.2, 0.25) is 5.91 Å². The maximum absolute atomic E-state index is 12.7. The van der Waals surface area contributed by atoms with Crippen molar-refractivity contribution in [2.24, 2.45) is 0 Å². The molecule has 4 nitrogen and oxygen atoms in total. The van der Waals surface area contributed by atoms with Gasteiger partial charge < -0.3 is 10.2 Å². The van der Waals surface area contributed by atoms with E-state index in [0.717, 1.165) is 26.4 Å². The van der Waals surface area contributed by atoms with E-state index < -0.39 is 0 Å². The topological polar surface area (TPSA) is 49.4 Å². The van der Waals surface area contributed by atoms with Crippen LogP contribution in [0.4, 0.5) is 5.69 Å². The molecular weight excluding hydrogens is 388 g/mol. The number of halogens is 1. The van der Waals surface area contributed by atoms with Gasteiger partial charge in [0.25, 0.3) is 5.91 Å². The zero-order valence-corrected chi connectivity index (χ0v) is 15.6. The summed E-state index contributed by atoms with van der Waals surface area (Å²) in [6.07, 6.45) is 0.492. The Labute approximate surface area is 153 Å². The Hall–Kier alpha value is -1.79. The third kappa shape index (κ3) is 3.99. The molecular formula is C18H17BrN2O2S. The average Bonchev–Trinajstić information content (AvgIpc) is 2.76. The molecule has 0 radical (unpaired) electrons. The van der Waals surface area contributed by atoms with E-state index in [9.17, 15) is 9.59 Å². The quantitative estimate of drug-likeness (QED) is 0.835. The fraction of sp³-hybridized carbons (Fsp3) is 0.222. The van der Waals surface area contributed by atoms with Gasteiger partial charge in [0, 0.05) is 40.7 Å². The number of nitrogens with zero attached hydrogens (tertiary/aromatic N) is 1. The molecule has 1 heterocycles. The monoisotopic (exact) mass is 404 g/mol. The Bertz CT molecular complexity index is 777. The molecule has 1 aliphatic heterocycles. The highest BCUT2D eigenvalue weighted by atomic mass is 79.9. The van der Waals surface area contributed by atoms with Crippen LogP contribution in [0.5, 0.6) is 0 Å². The largest absolute Gasteiger partial charge is 0.337 e. The van der Waals surface area contributed by atoms with E-state index in [1.807, 2.05) is 36.4 Å². The van der Waals surface area contributed by atoms with Crippen molar-refractivity contribution >= 4 is 45.2 Å². The minimum Gasteiger partial charge on any atom is -0.337 e. The van der Waals surface area contributed by atoms with Gasteiger partial charge >= 0.3 is 0 Å². The molecule has 0 atom stereocenters. The van der Waals surface area contributed by atoms with Gasteiger partial charge in [-0.25, -0.2) is 0 Å². The van der Waals surface area contributed by atoms with Crippen LogP contribution in [0.15, 0.2) is 51.8 Å². The third-order valence-corrected chi connectivity index (χ3v) is 5.37. The van der Waals surface area contributed by atoms with Gasteiger partial charge in [-0.05, 0) is 35.9 Å². The van der Waals surface area contributed by atoms with E-state index in [0.29, 0.717) is 18.5 Å². The number of thioether (sulfide) groups is 1. The molecule has 1 N–H and O–H groups in total. The van der Waals surface area contributed by atoms with Crippen LogP contribution in [0.1, 0.15) is 22.3 Å². The SMILES string of the molecule is CN(Cc1ccc(Br)cc1)C(=O)c1ccc2c(c1)NC(=O)CCS2. The number of rotatable bonds is 3. The minimum atomic E-state index is -0.0655. The van der Waals surface area contributed by atoms with Gasteiger partial charge in [0.05, 0.1) is 5.69 Å². The van der Waals surface area contributed by atoms with Crippen LogP contribution in [0.2, 0.25) is 0 Å². The van der Waals surface area contributed by atoms with Gasteiger partial charge in [0.15, 0.2) is 0 Å². The Morgan fingerprint density at radius 3 is 2.75 bits per heavy atom. The molecule has 0 unspecified atom stereocenters. The molecule has 0 saturated heterocycles. The molecule has 2 amide bonds. The summed E-state index contributed by atoms with van der Waals surface area (Å²) in [5.74, 6) is 0.688. The van der Waals surface area contributed by atoms with Crippen molar-refractivity contribution in [2.45, 2.75) is 17.9 Å². The van der Waals surface area contributed by atoms with Crippen LogP contribution >= 0.6 is 27.7 Å². The smallest absolute Gasteiger partial charge is 0.253 e. The number of hydrogen-bond acceptors (Lipinski definition) is 3. The predicted molar refractivity (Wildman–Crippen MR) is 100 cm³/mol. The summed E-state index contributed by atoms with van der Waals surface area (Å²) >= 11 is 5.04. The van der Waals surface area contributed by atoms with Crippen molar-refractivity contribution in [1.82, 2.24) is 4.90 Å². The molecule has 3 rings (SSSR count). The van der Waals surface area contributed by atoms with Crippen molar-refractivity contribution < 1.29 is 9.59 Å². The van der Waals surface area contributed by atoms with Gasteiger partial charge in [-0.2, -0.15) is 0 Å². The second-order valence-corrected chi connectivity index (χ2v) is 7.70. The first-order chi connectivity index (χ1) is 11.5. The molecule has 124 valence electrons. The fourth-order valence-corrected chi connectivity index (χ4v) is 3.71. The first kappa shape index (κ1) is 17.0. The van der Waals surface area contributed by atoms with Crippen molar-refractivity contribution in [3.63, 3.8) is 0 Å². The van der Waals surface area contributed by atoms with E-state index in [2.05, 4.69) is 21.2 Å². The standard InChI is InChI=1S/C18H17BrN2O2S/c1-21(11-12-2-5-14(19)6-3-12)18(23)13-4-7-16-15(10-13)20-17(22)8-9-24-16/h2-7,10H,8-9,11H2,1H3,(H,20,22). The molecule has 2 aromatic rings. The number of benzene rings is 2. The van der Waals surface area contributed by atoms with Crippen LogP contribution in [-0.4, -0.2) is 29.5 Å². The number of nitrogens with one attached hydrogen (secondary N) is 1. The van der Waals surface area contributed by atoms with E-state index in [-0.39, 0.29) is 11.8 Å². The fourth-order valence-electron chi connectivity index (χ4n) is 2.51. The van der Waals surface area contributed by atoms with Crippen molar-refractivity contribution in [2.75, 3.05) is 18.1 Å². The normalized spacial score (nSPS) is 13.7. The number of fused-ring (bicyclic) bond motifs is 1. The Morgan fingerprint density at radius 2 is 2.00 bits per heavy atom. The second kappa shape index (κ2) is 7.40. The molecule has 0 aliphatic carbocycles. The number of hydrogen-bond donors (Lipinski definition) is 1. The van der Waals surface area contributed by atoms with E-state index >= 15 is 0 Å². The highest BCUT2D eigenvalue weighted by Crippen LogP contribution is 2.31. The summed E-state index contributed by atoms with van der Waals surface area (Å²) in [5.41, 5.74) is 2.37. The Morgan fingerprint density at radius 1 is 1.25 bits per heavy atom. The maximum Gasteiger partial charge on any atom is 0.253 e. The van der Waals surface area contributed by atoms with Gasteiger partial charge in [-0.3, -0.25) is 9.59 Å². The summed E-state index contributed by atoms with van der Waals surface area (Å²) in [4.78, 5) is 27.1. The number of carbonyl (C=O) groups excluding carboxylic acids is 2. The zero-order valence-electron chi connectivity index (χ0n) is 13.2. The lowest BCUT2D eigenvalue weighted by Gasteiger charge is -2.18. The molecule has 1 aliphatic rings. The van der Waals surface area contributed by atoms with Gasteiger partial charge in [0.1, 0.15) is 0 Å². The first-order valence-corrected chi connectivity index (χ1v) is 9.37. The van der Waals surface area contributed by atoms with Crippen LogP contribution in [0.25, 0.3) is 0 Å². The third-order valence-electron chi connectivity index (χ3n) is 3.77. The summed E-state index contributed by atoms with van der Waals surface area (Å²) in [7, 11) is 1.78.